The minimum atomic E-state index is 0.146. The van der Waals surface area contributed by atoms with Gasteiger partial charge in [-0.1, -0.05) is 33.3 Å². The van der Waals surface area contributed by atoms with Crippen molar-refractivity contribution >= 4 is 5.78 Å². The first-order chi connectivity index (χ1) is 5.13. The van der Waals surface area contributed by atoms with Crippen molar-refractivity contribution in [3.05, 3.63) is 11.6 Å². The fourth-order valence-electron chi connectivity index (χ4n) is 1.05. The Morgan fingerprint density at radius 2 is 2.00 bits per heavy atom. The quantitative estimate of drug-likeness (QED) is 0.569. The number of rotatable bonds is 4. The van der Waals surface area contributed by atoms with Crippen molar-refractivity contribution in [2.24, 2.45) is 5.92 Å². The molecule has 0 saturated carbocycles. The maximum Gasteiger partial charge on any atom is 0.161 e. The van der Waals surface area contributed by atoms with Crippen molar-refractivity contribution in [2.75, 3.05) is 0 Å². The molecule has 11 heavy (non-hydrogen) atoms. The average Bonchev–Trinajstić information content (AvgIpc) is 1.98. The number of hydrogen-bond acceptors (Lipinski definition) is 1. The number of carbonyl (C=O) groups excluding carboxylic acids is 1. The molecule has 0 aromatic heterocycles. The van der Waals surface area contributed by atoms with Crippen molar-refractivity contribution in [2.45, 2.75) is 40.5 Å². The predicted octanol–water partition coefficient (Wildman–Crippen LogP) is 2.96. The van der Waals surface area contributed by atoms with Gasteiger partial charge < -0.3 is 0 Å². The molecule has 0 N–H and O–H groups in total. The van der Waals surface area contributed by atoms with Crippen LogP contribution in [0.3, 0.4) is 0 Å². The molecule has 0 saturated heterocycles. The molecule has 0 atom stereocenters. The van der Waals surface area contributed by atoms with E-state index in [0.29, 0.717) is 5.78 Å². The average molecular weight is 154 g/mol. The van der Waals surface area contributed by atoms with Crippen molar-refractivity contribution in [1.29, 1.82) is 0 Å². The predicted molar refractivity (Wildman–Crippen MR) is 48.5 cm³/mol. The Balaban J connectivity index is 4.16. The summed E-state index contributed by atoms with van der Waals surface area (Å²) in [6.45, 7) is 7.92. The van der Waals surface area contributed by atoms with E-state index in [0.717, 1.165) is 18.4 Å². The van der Waals surface area contributed by atoms with Crippen LogP contribution in [-0.4, -0.2) is 5.78 Å². The van der Waals surface area contributed by atoms with Gasteiger partial charge in [-0.05, 0) is 18.9 Å². The van der Waals surface area contributed by atoms with Gasteiger partial charge in [-0.2, -0.15) is 0 Å². The van der Waals surface area contributed by atoms with Crippen molar-refractivity contribution in [1.82, 2.24) is 0 Å². The highest BCUT2D eigenvalue weighted by Gasteiger charge is 2.10. The summed E-state index contributed by atoms with van der Waals surface area (Å²) in [4.78, 5) is 11.4. The molecule has 0 aliphatic carbocycles. The molecule has 1 heteroatoms. The van der Waals surface area contributed by atoms with E-state index in [-0.39, 0.29) is 5.92 Å². The smallest absolute Gasteiger partial charge is 0.161 e. The van der Waals surface area contributed by atoms with E-state index in [1.807, 2.05) is 26.8 Å². The standard InChI is InChI=1S/C10H18O/c1-5-7-9(6-2)10(11)8(3)4/h6,8H,5,7H2,1-4H3/b9-6+. The maximum absolute atomic E-state index is 11.4. The topological polar surface area (TPSA) is 17.1 Å². The maximum atomic E-state index is 11.4. The van der Waals surface area contributed by atoms with Gasteiger partial charge in [0, 0.05) is 5.92 Å². The van der Waals surface area contributed by atoms with Crippen LogP contribution in [0.4, 0.5) is 0 Å². The lowest BCUT2D eigenvalue weighted by atomic mass is 9.98. The second kappa shape index (κ2) is 5.11. The molecule has 0 aromatic rings. The van der Waals surface area contributed by atoms with Crippen LogP contribution in [0.2, 0.25) is 0 Å². The van der Waals surface area contributed by atoms with Crippen LogP contribution >= 0.6 is 0 Å². The highest BCUT2D eigenvalue weighted by molar-refractivity contribution is 5.96. The second-order valence-corrected chi connectivity index (χ2v) is 3.08. The molecule has 0 fully saturated rings. The minimum absolute atomic E-state index is 0.146. The van der Waals surface area contributed by atoms with Crippen molar-refractivity contribution in [3.8, 4) is 0 Å². The van der Waals surface area contributed by atoms with Crippen LogP contribution in [0.5, 0.6) is 0 Å². The second-order valence-electron chi connectivity index (χ2n) is 3.08. The Morgan fingerprint density at radius 1 is 1.45 bits per heavy atom. The Kier molecular flexibility index (Phi) is 4.84. The molecule has 0 spiro atoms. The first-order valence-corrected chi connectivity index (χ1v) is 4.32. The number of carbonyl (C=O) groups is 1. The zero-order valence-electron chi connectivity index (χ0n) is 7.98. The van der Waals surface area contributed by atoms with E-state index < -0.39 is 0 Å². The molecule has 0 amide bonds. The van der Waals surface area contributed by atoms with Crippen LogP contribution in [0.1, 0.15) is 40.5 Å². The first-order valence-electron chi connectivity index (χ1n) is 4.32. The number of allylic oxidation sites excluding steroid dienone is 2. The Labute approximate surface area is 69.5 Å². The summed E-state index contributed by atoms with van der Waals surface area (Å²) in [6.07, 6.45) is 3.91. The zero-order valence-corrected chi connectivity index (χ0v) is 7.98. The molecule has 1 nitrogen and oxygen atoms in total. The monoisotopic (exact) mass is 154 g/mol. The summed E-state index contributed by atoms with van der Waals surface area (Å²) >= 11 is 0. The van der Waals surface area contributed by atoms with E-state index in [4.69, 9.17) is 0 Å². The van der Waals surface area contributed by atoms with Crippen LogP contribution in [0, 0.1) is 5.92 Å². The minimum Gasteiger partial charge on any atom is -0.294 e. The van der Waals surface area contributed by atoms with Crippen LogP contribution in [0.15, 0.2) is 11.6 Å². The summed E-state index contributed by atoms with van der Waals surface area (Å²) in [5.41, 5.74) is 0.988. The lowest BCUT2D eigenvalue weighted by molar-refractivity contribution is -0.118. The summed E-state index contributed by atoms with van der Waals surface area (Å²) in [5.74, 6) is 0.446. The van der Waals surface area contributed by atoms with Gasteiger partial charge in [-0.3, -0.25) is 4.79 Å². The largest absolute Gasteiger partial charge is 0.294 e. The third kappa shape index (κ3) is 3.35. The van der Waals surface area contributed by atoms with Crippen molar-refractivity contribution < 1.29 is 4.79 Å². The van der Waals surface area contributed by atoms with E-state index >= 15 is 0 Å². The highest BCUT2D eigenvalue weighted by atomic mass is 16.1. The van der Waals surface area contributed by atoms with Gasteiger partial charge in [-0.25, -0.2) is 0 Å². The highest BCUT2D eigenvalue weighted by Crippen LogP contribution is 2.11. The van der Waals surface area contributed by atoms with Gasteiger partial charge in [0.15, 0.2) is 5.78 Å². The first kappa shape index (κ1) is 10.4. The van der Waals surface area contributed by atoms with E-state index in [2.05, 4.69) is 6.92 Å². The van der Waals surface area contributed by atoms with E-state index in [1.54, 1.807) is 0 Å². The number of ketones is 1. The van der Waals surface area contributed by atoms with Gasteiger partial charge in [0.25, 0.3) is 0 Å². The van der Waals surface area contributed by atoms with Gasteiger partial charge >= 0.3 is 0 Å². The lowest BCUT2D eigenvalue weighted by Gasteiger charge is -2.06. The fraction of sp³-hybridized carbons (Fsp3) is 0.700. The third-order valence-electron chi connectivity index (χ3n) is 1.71. The molecule has 0 aromatic carbocycles. The van der Waals surface area contributed by atoms with Crippen LogP contribution in [-0.2, 0) is 4.79 Å². The SMILES string of the molecule is C/C=C(\CCC)C(=O)C(C)C. The third-order valence-corrected chi connectivity index (χ3v) is 1.71. The summed E-state index contributed by atoms with van der Waals surface area (Å²) in [5, 5.41) is 0. The molecule has 0 aliphatic heterocycles. The molecule has 0 bridgehead atoms. The number of hydrogen-bond donors (Lipinski definition) is 0. The van der Waals surface area contributed by atoms with Gasteiger partial charge in [0.05, 0.1) is 0 Å². The van der Waals surface area contributed by atoms with Crippen LogP contribution in [0.25, 0.3) is 0 Å². The summed E-state index contributed by atoms with van der Waals surface area (Å²) in [7, 11) is 0. The molecule has 0 heterocycles. The Morgan fingerprint density at radius 3 is 2.27 bits per heavy atom. The molecule has 0 rings (SSSR count). The van der Waals surface area contributed by atoms with Gasteiger partial charge in [-0.15, -0.1) is 0 Å². The number of Topliss-reactive ketones (excluding diaryl/α,β-unsaturated/α-hetero) is 1. The molecular formula is C10H18O. The molecule has 0 radical (unpaired) electrons. The Hall–Kier alpha value is -0.590. The van der Waals surface area contributed by atoms with Crippen molar-refractivity contribution in [3.63, 3.8) is 0 Å². The molecule has 0 unspecified atom stereocenters. The normalized spacial score (nSPS) is 12.3. The lowest BCUT2D eigenvalue weighted by Crippen LogP contribution is -2.09. The Bertz CT molecular complexity index is 154. The van der Waals surface area contributed by atoms with Gasteiger partial charge in [0.2, 0.25) is 0 Å². The summed E-state index contributed by atoms with van der Waals surface area (Å²) < 4.78 is 0. The zero-order chi connectivity index (χ0) is 8.85. The summed E-state index contributed by atoms with van der Waals surface area (Å²) in [6, 6.07) is 0. The molecule has 64 valence electrons. The van der Waals surface area contributed by atoms with E-state index in [9.17, 15) is 4.79 Å². The van der Waals surface area contributed by atoms with E-state index in [1.165, 1.54) is 0 Å². The van der Waals surface area contributed by atoms with Gasteiger partial charge in [0.1, 0.15) is 0 Å². The molecule has 0 aliphatic rings. The fourth-order valence-corrected chi connectivity index (χ4v) is 1.05. The molecular weight excluding hydrogens is 136 g/mol. The van der Waals surface area contributed by atoms with Crippen LogP contribution < -0.4 is 0 Å².